The molecule has 1 N–H and O–H groups in total. The van der Waals surface area contributed by atoms with Gasteiger partial charge in [0.25, 0.3) is 0 Å². The summed E-state index contributed by atoms with van der Waals surface area (Å²) in [5.74, 6) is 1.93. The molecule has 1 atom stereocenters. The Labute approximate surface area is 110 Å². The number of aromatic nitrogens is 2. The Morgan fingerprint density at radius 1 is 1.39 bits per heavy atom. The second-order valence-electron chi connectivity index (χ2n) is 4.66. The molecule has 0 fully saturated rings. The van der Waals surface area contributed by atoms with E-state index in [-0.39, 0.29) is 0 Å². The topological polar surface area (TPSA) is 47.0 Å². The van der Waals surface area contributed by atoms with Crippen molar-refractivity contribution in [1.82, 2.24) is 9.97 Å². The van der Waals surface area contributed by atoms with Crippen LogP contribution in [0.3, 0.4) is 0 Å². The molecule has 0 aliphatic rings. The highest BCUT2D eigenvalue weighted by Gasteiger charge is 2.09. The Hall–Kier alpha value is -1.32. The zero-order valence-electron chi connectivity index (χ0n) is 12.0. The first-order valence-electron chi connectivity index (χ1n) is 6.85. The molecule has 102 valence electrons. The maximum absolute atomic E-state index is 5.84. The van der Waals surface area contributed by atoms with Gasteiger partial charge >= 0.3 is 0 Å². The van der Waals surface area contributed by atoms with Crippen molar-refractivity contribution in [2.45, 2.75) is 46.5 Å². The summed E-state index contributed by atoms with van der Waals surface area (Å²) in [6, 6.07) is 0. The number of rotatable bonds is 8. The molecule has 4 nitrogen and oxygen atoms in total. The fourth-order valence-electron chi connectivity index (χ4n) is 1.79. The highest BCUT2D eigenvalue weighted by atomic mass is 16.5. The Balaban J connectivity index is 2.55. The Morgan fingerprint density at radius 3 is 2.78 bits per heavy atom. The van der Waals surface area contributed by atoms with Gasteiger partial charge in [-0.3, -0.25) is 0 Å². The number of hydrogen-bond donors (Lipinski definition) is 1. The second kappa shape index (κ2) is 7.90. The van der Waals surface area contributed by atoms with E-state index in [0.29, 0.717) is 17.7 Å². The average molecular weight is 251 g/mol. The lowest BCUT2D eigenvalue weighted by Crippen LogP contribution is -2.13. The minimum atomic E-state index is 0.609. The third-order valence-corrected chi connectivity index (χ3v) is 3.15. The fraction of sp³-hybridized carbons (Fsp3) is 0.714. The number of aryl methyl sites for hydroxylation is 1. The SMILES string of the molecule is CCCCC(CC)COc1nc(NC)ncc1C. The summed E-state index contributed by atoms with van der Waals surface area (Å²) in [6.45, 7) is 7.16. The van der Waals surface area contributed by atoms with Crippen LogP contribution in [0.4, 0.5) is 5.95 Å². The molecule has 1 heterocycles. The van der Waals surface area contributed by atoms with Crippen LogP contribution in [0.1, 0.15) is 45.1 Å². The van der Waals surface area contributed by atoms with Gasteiger partial charge in [-0.15, -0.1) is 0 Å². The van der Waals surface area contributed by atoms with Crippen LogP contribution in [0.5, 0.6) is 5.88 Å². The monoisotopic (exact) mass is 251 g/mol. The normalized spacial score (nSPS) is 12.2. The summed E-state index contributed by atoms with van der Waals surface area (Å²) in [7, 11) is 1.81. The van der Waals surface area contributed by atoms with Crippen molar-refractivity contribution in [3.8, 4) is 5.88 Å². The van der Waals surface area contributed by atoms with Crippen molar-refractivity contribution < 1.29 is 4.74 Å². The Morgan fingerprint density at radius 2 is 2.17 bits per heavy atom. The third-order valence-electron chi connectivity index (χ3n) is 3.15. The zero-order valence-corrected chi connectivity index (χ0v) is 12.0. The van der Waals surface area contributed by atoms with E-state index in [0.717, 1.165) is 18.6 Å². The lowest BCUT2D eigenvalue weighted by atomic mass is 10.0. The van der Waals surface area contributed by atoms with Gasteiger partial charge < -0.3 is 10.1 Å². The standard InChI is InChI=1S/C14H25N3O/c1-5-7-8-12(6-2)10-18-13-11(3)9-16-14(15-4)17-13/h9,12H,5-8,10H2,1-4H3,(H,15,16,17). The van der Waals surface area contributed by atoms with Crippen molar-refractivity contribution in [2.75, 3.05) is 19.0 Å². The molecular formula is C14H25N3O. The minimum Gasteiger partial charge on any atom is -0.477 e. The molecule has 4 heteroatoms. The van der Waals surface area contributed by atoms with E-state index in [1.165, 1.54) is 19.3 Å². The first-order chi connectivity index (χ1) is 8.71. The molecule has 1 aromatic rings. The molecule has 0 saturated heterocycles. The summed E-state index contributed by atoms with van der Waals surface area (Å²) in [4.78, 5) is 8.48. The molecule has 0 radical (unpaired) electrons. The molecule has 0 aliphatic heterocycles. The zero-order chi connectivity index (χ0) is 13.4. The molecule has 0 spiro atoms. The van der Waals surface area contributed by atoms with Crippen LogP contribution in [0.2, 0.25) is 0 Å². The van der Waals surface area contributed by atoms with E-state index in [4.69, 9.17) is 4.74 Å². The van der Waals surface area contributed by atoms with Crippen LogP contribution in [0.15, 0.2) is 6.20 Å². The molecule has 0 aromatic carbocycles. The molecular weight excluding hydrogens is 226 g/mol. The van der Waals surface area contributed by atoms with Crippen LogP contribution in [-0.4, -0.2) is 23.6 Å². The maximum Gasteiger partial charge on any atom is 0.225 e. The number of nitrogens with one attached hydrogen (secondary N) is 1. The lowest BCUT2D eigenvalue weighted by Gasteiger charge is -2.16. The van der Waals surface area contributed by atoms with E-state index >= 15 is 0 Å². The van der Waals surface area contributed by atoms with Gasteiger partial charge in [0.05, 0.1) is 6.61 Å². The first-order valence-corrected chi connectivity index (χ1v) is 6.85. The third kappa shape index (κ3) is 4.51. The number of nitrogens with zero attached hydrogens (tertiary/aromatic N) is 2. The highest BCUT2D eigenvalue weighted by molar-refractivity contribution is 5.31. The van der Waals surface area contributed by atoms with Gasteiger partial charge in [0.1, 0.15) is 0 Å². The smallest absolute Gasteiger partial charge is 0.225 e. The number of hydrogen-bond acceptors (Lipinski definition) is 4. The van der Waals surface area contributed by atoms with Crippen molar-refractivity contribution in [3.63, 3.8) is 0 Å². The Kier molecular flexibility index (Phi) is 6.47. The molecule has 0 amide bonds. The van der Waals surface area contributed by atoms with Gasteiger partial charge in [0.15, 0.2) is 0 Å². The van der Waals surface area contributed by atoms with Gasteiger partial charge in [-0.1, -0.05) is 33.1 Å². The quantitative estimate of drug-likeness (QED) is 0.769. The van der Waals surface area contributed by atoms with Crippen molar-refractivity contribution >= 4 is 5.95 Å². The first kappa shape index (κ1) is 14.7. The molecule has 1 unspecified atom stereocenters. The summed E-state index contributed by atoms with van der Waals surface area (Å²) < 4.78 is 5.84. The van der Waals surface area contributed by atoms with Crippen LogP contribution in [0.25, 0.3) is 0 Å². The van der Waals surface area contributed by atoms with Gasteiger partial charge in [0.2, 0.25) is 11.8 Å². The predicted molar refractivity (Wildman–Crippen MR) is 75.1 cm³/mol. The molecule has 0 bridgehead atoms. The van der Waals surface area contributed by atoms with Crippen LogP contribution < -0.4 is 10.1 Å². The minimum absolute atomic E-state index is 0.609. The van der Waals surface area contributed by atoms with Crippen LogP contribution in [0, 0.1) is 12.8 Å². The maximum atomic E-state index is 5.84. The molecule has 1 aromatic heterocycles. The molecule has 0 aliphatic carbocycles. The number of anilines is 1. The van der Waals surface area contributed by atoms with E-state index < -0.39 is 0 Å². The van der Waals surface area contributed by atoms with Gasteiger partial charge in [0, 0.05) is 18.8 Å². The Bertz CT molecular complexity index is 355. The molecule has 18 heavy (non-hydrogen) atoms. The summed E-state index contributed by atoms with van der Waals surface area (Å²) in [5.41, 5.74) is 0.986. The fourth-order valence-corrected chi connectivity index (χ4v) is 1.79. The largest absolute Gasteiger partial charge is 0.477 e. The van der Waals surface area contributed by atoms with Gasteiger partial charge in [-0.2, -0.15) is 4.98 Å². The van der Waals surface area contributed by atoms with E-state index in [2.05, 4.69) is 29.1 Å². The summed E-state index contributed by atoms with van der Waals surface area (Å²) in [6.07, 6.45) is 6.69. The summed E-state index contributed by atoms with van der Waals surface area (Å²) >= 11 is 0. The van der Waals surface area contributed by atoms with Gasteiger partial charge in [-0.05, 0) is 19.3 Å². The van der Waals surface area contributed by atoms with Crippen molar-refractivity contribution in [2.24, 2.45) is 5.92 Å². The predicted octanol–water partition coefficient (Wildman–Crippen LogP) is 3.42. The van der Waals surface area contributed by atoms with E-state index in [9.17, 15) is 0 Å². The van der Waals surface area contributed by atoms with Crippen molar-refractivity contribution in [1.29, 1.82) is 0 Å². The second-order valence-corrected chi connectivity index (χ2v) is 4.66. The molecule has 0 saturated carbocycles. The van der Waals surface area contributed by atoms with Gasteiger partial charge in [-0.25, -0.2) is 4.98 Å². The number of unbranched alkanes of at least 4 members (excludes halogenated alkanes) is 1. The average Bonchev–Trinajstić information content (AvgIpc) is 2.40. The van der Waals surface area contributed by atoms with Crippen molar-refractivity contribution in [3.05, 3.63) is 11.8 Å². The number of ether oxygens (including phenoxy) is 1. The summed E-state index contributed by atoms with van der Waals surface area (Å²) in [5, 5.41) is 2.93. The molecule has 1 rings (SSSR count). The van der Waals surface area contributed by atoms with Crippen LogP contribution >= 0.6 is 0 Å². The highest BCUT2D eigenvalue weighted by Crippen LogP contribution is 2.18. The van der Waals surface area contributed by atoms with E-state index in [1.807, 2.05) is 14.0 Å². The van der Waals surface area contributed by atoms with Crippen LogP contribution in [-0.2, 0) is 0 Å². The lowest BCUT2D eigenvalue weighted by molar-refractivity contribution is 0.224. The van der Waals surface area contributed by atoms with E-state index in [1.54, 1.807) is 6.20 Å².